The van der Waals surface area contributed by atoms with E-state index in [1.54, 1.807) is 6.21 Å². The van der Waals surface area contributed by atoms with E-state index in [9.17, 15) is 9.18 Å². The van der Waals surface area contributed by atoms with Gasteiger partial charge in [-0.05, 0) is 37.3 Å². The van der Waals surface area contributed by atoms with Gasteiger partial charge >= 0.3 is 0 Å². The molecule has 116 valence electrons. The first-order valence-corrected chi connectivity index (χ1v) is 7.36. The number of aryl methyl sites for hydroxylation is 1. The Balaban J connectivity index is 1.78. The van der Waals surface area contributed by atoms with Crippen LogP contribution < -0.4 is 5.43 Å². The van der Waals surface area contributed by atoms with Crippen molar-refractivity contribution in [2.45, 2.75) is 13.5 Å². The molecule has 0 unspecified atom stereocenters. The molecule has 1 N–H and O–H groups in total. The molecule has 0 saturated carbocycles. The normalized spacial score (nSPS) is 11.2. The van der Waals surface area contributed by atoms with Crippen molar-refractivity contribution in [2.75, 3.05) is 0 Å². The highest BCUT2D eigenvalue weighted by atomic mass is 19.1. The van der Waals surface area contributed by atoms with E-state index in [1.165, 1.54) is 24.3 Å². The van der Waals surface area contributed by atoms with Gasteiger partial charge in [-0.3, -0.25) is 4.79 Å². The molecule has 3 aromatic rings. The van der Waals surface area contributed by atoms with Crippen molar-refractivity contribution in [3.05, 3.63) is 71.7 Å². The second kappa shape index (κ2) is 6.44. The van der Waals surface area contributed by atoms with Gasteiger partial charge in [-0.15, -0.1) is 0 Å². The zero-order valence-electron chi connectivity index (χ0n) is 12.7. The minimum Gasteiger partial charge on any atom is -0.347 e. The number of benzene rings is 2. The van der Waals surface area contributed by atoms with Crippen molar-refractivity contribution in [2.24, 2.45) is 5.10 Å². The van der Waals surface area contributed by atoms with Crippen molar-refractivity contribution in [3.8, 4) is 0 Å². The lowest BCUT2D eigenvalue weighted by atomic mass is 10.2. The number of nitrogens with zero attached hydrogens (tertiary/aromatic N) is 2. The van der Waals surface area contributed by atoms with Crippen LogP contribution in [0.4, 0.5) is 4.39 Å². The number of fused-ring (bicyclic) bond motifs is 1. The summed E-state index contributed by atoms with van der Waals surface area (Å²) in [5.41, 5.74) is 4.88. The van der Waals surface area contributed by atoms with E-state index < -0.39 is 0 Å². The molecule has 1 aromatic heterocycles. The molecule has 0 spiro atoms. The highest BCUT2D eigenvalue weighted by Gasteiger charge is 2.06. The minimum absolute atomic E-state index is 0.361. The Morgan fingerprint density at radius 2 is 1.96 bits per heavy atom. The third-order valence-corrected chi connectivity index (χ3v) is 3.64. The summed E-state index contributed by atoms with van der Waals surface area (Å²) in [6.45, 7) is 2.93. The number of rotatable bonds is 4. The Morgan fingerprint density at radius 3 is 2.70 bits per heavy atom. The molecule has 0 fully saturated rings. The lowest BCUT2D eigenvalue weighted by Crippen LogP contribution is -2.17. The van der Waals surface area contributed by atoms with Crippen LogP contribution in [0.1, 0.15) is 22.8 Å². The van der Waals surface area contributed by atoms with Crippen molar-refractivity contribution in [3.63, 3.8) is 0 Å². The largest absolute Gasteiger partial charge is 0.347 e. The minimum atomic E-state index is -0.377. The number of hydrogen-bond donors (Lipinski definition) is 1. The monoisotopic (exact) mass is 309 g/mol. The fourth-order valence-electron chi connectivity index (χ4n) is 2.47. The Hall–Kier alpha value is -2.95. The van der Waals surface area contributed by atoms with Gasteiger partial charge in [-0.1, -0.05) is 18.2 Å². The molecule has 2 aromatic carbocycles. The maximum Gasteiger partial charge on any atom is 0.271 e. The van der Waals surface area contributed by atoms with Crippen LogP contribution in [0.3, 0.4) is 0 Å². The average molecular weight is 309 g/mol. The molecule has 3 rings (SSSR count). The van der Waals surface area contributed by atoms with Gasteiger partial charge < -0.3 is 4.57 Å². The van der Waals surface area contributed by atoms with E-state index in [0.29, 0.717) is 5.56 Å². The van der Waals surface area contributed by atoms with Crippen molar-refractivity contribution < 1.29 is 9.18 Å². The number of halogens is 1. The van der Waals surface area contributed by atoms with Crippen LogP contribution in [0.5, 0.6) is 0 Å². The molecule has 4 nitrogen and oxygen atoms in total. The molecule has 0 aliphatic carbocycles. The van der Waals surface area contributed by atoms with Crippen LogP contribution >= 0.6 is 0 Å². The molecule has 1 heterocycles. The number of para-hydroxylation sites is 1. The van der Waals surface area contributed by atoms with Gasteiger partial charge in [0.1, 0.15) is 5.82 Å². The van der Waals surface area contributed by atoms with Crippen molar-refractivity contribution in [1.82, 2.24) is 9.99 Å². The Bertz CT molecular complexity index is 866. The molecule has 0 radical (unpaired) electrons. The molecule has 0 bridgehead atoms. The molecular weight excluding hydrogens is 293 g/mol. The second-order valence-electron chi connectivity index (χ2n) is 5.09. The second-order valence-corrected chi connectivity index (χ2v) is 5.09. The van der Waals surface area contributed by atoms with Crippen molar-refractivity contribution in [1.29, 1.82) is 0 Å². The zero-order chi connectivity index (χ0) is 16.2. The standard InChI is InChI=1S/C18H16FN3O/c1-2-22-12-14(16-5-3-4-6-17(16)22)11-20-21-18(23)13-7-9-15(19)10-8-13/h3-12H,2H2,1H3,(H,21,23)/b20-11-. The predicted octanol–water partition coefficient (Wildman–Crippen LogP) is 3.56. The summed E-state index contributed by atoms with van der Waals surface area (Å²) in [5, 5.41) is 5.08. The quantitative estimate of drug-likeness (QED) is 0.581. The highest BCUT2D eigenvalue weighted by molar-refractivity contribution is 6.00. The van der Waals surface area contributed by atoms with Gasteiger partial charge in [0.2, 0.25) is 0 Å². The van der Waals surface area contributed by atoms with E-state index in [-0.39, 0.29) is 11.7 Å². The number of hydrogen-bond acceptors (Lipinski definition) is 2. The van der Waals surface area contributed by atoms with Gasteiger partial charge in [0.05, 0.1) is 6.21 Å². The number of amides is 1. The zero-order valence-corrected chi connectivity index (χ0v) is 12.7. The Kier molecular flexibility index (Phi) is 4.19. The molecule has 5 heteroatoms. The summed E-state index contributed by atoms with van der Waals surface area (Å²) in [6, 6.07) is 13.4. The van der Waals surface area contributed by atoms with E-state index >= 15 is 0 Å². The fourth-order valence-corrected chi connectivity index (χ4v) is 2.47. The highest BCUT2D eigenvalue weighted by Crippen LogP contribution is 2.19. The van der Waals surface area contributed by atoms with Gasteiger partial charge in [-0.25, -0.2) is 9.82 Å². The van der Waals surface area contributed by atoms with Crippen molar-refractivity contribution >= 4 is 23.0 Å². The van der Waals surface area contributed by atoms with Gasteiger partial charge in [-0.2, -0.15) is 5.10 Å². The van der Waals surface area contributed by atoms with Crippen LogP contribution in [0.25, 0.3) is 10.9 Å². The molecular formula is C18H16FN3O. The molecule has 23 heavy (non-hydrogen) atoms. The lowest BCUT2D eigenvalue weighted by Gasteiger charge is -1.99. The summed E-state index contributed by atoms with van der Waals surface area (Å²) < 4.78 is 15.0. The number of carbonyl (C=O) groups is 1. The summed E-state index contributed by atoms with van der Waals surface area (Å²) >= 11 is 0. The SMILES string of the molecule is CCn1cc(/C=N\NC(=O)c2ccc(F)cc2)c2ccccc21. The van der Waals surface area contributed by atoms with Gasteiger partial charge in [0, 0.05) is 34.8 Å². The third-order valence-electron chi connectivity index (χ3n) is 3.64. The summed E-state index contributed by atoms with van der Waals surface area (Å²) in [4.78, 5) is 11.9. The van der Waals surface area contributed by atoms with Crippen LogP contribution in [-0.4, -0.2) is 16.7 Å². The topological polar surface area (TPSA) is 46.4 Å². The van der Waals surface area contributed by atoms with Crippen LogP contribution in [0.15, 0.2) is 59.8 Å². The number of nitrogens with one attached hydrogen (secondary N) is 1. The van der Waals surface area contributed by atoms with Gasteiger partial charge in [0.25, 0.3) is 5.91 Å². The van der Waals surface area contributed by atoms with Crippen LogP contribution in [0.2, 0.25) is 0 Å². The molecule has 0 atom stereocenters. The summed E-state index contributed by atoms with van der Waals surface area (Å²) in [5.74, 6) is -0.752. The van der Waals surface area contributed by atoms with E-state index in [1.807, 2.05) is 30.5 Å². The molecule has 0 saturated heterocycles. The molecule has 0 aliphatic rings. The number of carbonyl (C=O) groups excluding carboxylic acids is 1. The smallest absolute Gasteiger partial charge is 0.271 e. The Morgan fingerprint density at radius 1 is 1.22 bits per heavy atom. The maximum atomic E-state index is 12.8. The summed E-state index contributed by atoms with van der Waals surface area (Å²) in [6.07, 6.45) is 3.62. The Labute approximate surface area is 133 Å². The predicted molar refractivity (Wildman–Crippen MR) is 89.1 cm³/mol. The number of hydrazone groups is 1. The average Bonchev–Trinajstić information content (AvgIpc) is 2.94. The lowest BCUT2D eigenvalue weighted by molar-refractivity contribution is 0.0955. The van der Waals surface area contributed by atoms with E-state index in [4.69, 9.17) is 0 Å². The number of aromatic nitrogens is 1. The van der Waals surface area contributed by atoms with E-state index in [0.717, 1.165) is 23.0 Å². The maximum absolute atomic E-state index is 12.8. The fraction of sp³-hybridized carbons (Fsp3) is 0.111. The van der Waals surface area contributed by atoms with Crippen LogP contribution in [-0.2, 0) is 6.54 Å². The molecule has 1 amide bonds. The van der Waals surface area contributed by atoms with E-state index in [2.05, 4.69) is 22.0 Å². The molecule has 0 aliphatic heterocycles. The first-order chi connectivity index (χ1) is 11.2. The first-order valence-electron chi connectivity index (χ1n) is 7.36. The first kappa shape index (κ1) is 15.0. The van der Waals surface area contributed by atoms with Gasteiger partial charge in [0.15, 0.2) is 0 Å². The third kappa shape index (κ3) is 3.13. The van der Waals surface area contributed by atoms with Crippen LogP contribution in [0, 0.1) is 5.82 Å². The summed E-state index contributed by atoms with van der Waals surface area (Å²) in [7, 11) is 0.